The zero-order chi connectivity index (χ0) is 25.9. The molecule has 2 unspecified atom stereocenters. The van der Waals surface area contributed by atoms with Crippen LogP contribution in [-0.2, 0) is 4.79 Å². The smallest absolute Gasteiger partial charge is 0.280 e. The van der Waals surface area contributed by atoms with Gasteiger partial charge >= 0.3 is 0 Å². The number of nitrogen functional groups attached to an aromatic ring is 1. The maximum Gasteiger partial charge on any atom is 0.280 e. The number of hydrogen-bond acceptors (Lipinski definition) is 4. The Morgan fingerprint density at radius 2 is 1.69 bits per heavy atom. The van der Waals surface area contributed by atoms with Crippen LogP contribution in [0.5, 0.6) is 0 Å². The van der Waals surface area contributed by atoms with Crippen LogP contribution in [0.25, 0.3) is 10.9 Å². The Kier molecular flexibility index (Phi) is 6.38. The fourth-order valence-electron chi connectivity index (χ4n) is 4.33. The number of benzene rings is 3. The van der Waals surface area contributed by atoms with E-state index in [2.05, 4.69) is 10.4 Å². The molecular weight excluding hydrogens is 566 g/mol. The van der Waals surface area contributed by atoms with Crippen molar-refractivity contribution in [3.05, 3.63) is 86.4 Å². The van der Waals surface area contributed by atoms with E-state index in [-0.39, 0.29) is 16.4 Å². The summed E-state index contributed by atoms with van der Waals surface area (Å²) in [5, 5.41) is 8.63. The number of anilines is 2. The van der Waals surface area contributed by atoms with E-state index in [1.807, 2.05) is 19.1 Å². The molecule has 0 radical (unpaired) electrons. The fourth-order valence-corrected chi connectivity index (χ4v) is 5.90. The van der Waals surface area contributed by atoms with Crippen molar-refractivity contribution in [3.8, 4) is 0 Å². The number of aromatic nitrogens is 2. The molecule has 1 fully saturated rings. The number of hydrogen-bond donors (Lipinski definition) is 2. The van der Waals surface area contributed by atoms with Crippen LogP contribution in [0, 0.1) is 12.8 Å². The van der Waals surface area contributed by atoms with Crippen LogP contribution in [0.1, 0.15) is 27.4 Å². The number of halogens is 5. The molecule has 1 aliphatic carbocycles. The fraction of sp³-hybridized carbons (Fsp3) is 0.160. The summed E-state index contributed by atoms with van der Waals surface area (Å²) in [5.41, 5.74) is 8.63. The van der Waals surface area contributed by atoms with Gasteiger partial charge in [0.1, 0.15) is 4.33 Å². The van der Waals surface area contributed by atoms with Gasteiger partial charge in [-0.1, -0.05) is 40.9 Å². The second kappa shape index (κ2) is 9.12. The number of aryl methyl sites for hydroxylation is 1. The number of nitrogens with one attached hydrogen (secondary N) is 1. The van der Waals surface area contributed by atoms with Gasteiger partial charge in [-0.25, -0.2) is 0 Å². The SMILES string of the molecule is Cc1ccc2c(N)nn(C(=O)c3cc(NC(=O)C4C(c5cc(Cl)cc(Cl)c5)C4(Cl)Cl)ccc3Cl)c2c1. The van der Waals surface area contributed by atoms with Gasteiger partial charge in [-0.3, -0.25) is 9.59 Å². The highest BCUT2D eigenvalue weighted by Crippen LogP contribution is 2.65. The van der Waals surface area contributed by atoms with Crippen molar-refractivity contribution in [3.63, 3.8) is 0 Å². The number of rotatable bonds is 4. The van der Waals surface area contributed by atoms with E-state index in [1.54, 1.807) is 30.3 Å². The van der Waals surface area contributed by atoms with Crippen LogP contribution >= 0.6 is 58.0 Å². The highest BCUT2D eigenvalue weighted by atomic mass is 35.5. The Balaban J connectivity index is 1.42. The number of nitrogens with zero attached hydrogens (tertiary/aromatic N) is 2. The highest BCUT2D eigenvalue weighted by molar-refractivity contribution is 6.53. The number of alkyl halides is 2. The molecule has 36 heavy (non-hydrogen) atoms. The second-order valence-electron chi connectivity index (χ2n) is 8.64. The molecule has 0 bridgehead atoms. The lowest BCUT2D eigenvalue weighted by Crippen LogP contribution is -2.18. The van der Waals surface area contributed by atoms with Crippen LogP contribution < -0.4 is 11.1 Å². The van der Waals surface area contributed by atoms with Gasteiger partial charge in [0.05, 0.1) is 22.0 Å². The predicted octanol–water partition coefficient (Wildman–Crippen LogP) is 7.10. The van der Waals surface area contributed by atoms with Crippen LogP contribution in [0.3, 0.4) is 0 Å². The average molecular weight is 583 g/mol. The van der Waals surface area contributed by atoms with Crippen molar-refractivity contribution >= 4 is 92.2 Å². The summed E-state index contributed by atoms with van der Waals surface area (Å²) in [6.07, 6.45) is 0. The maximum absolute atomic E-state index is 13.4. The van der Waals surface area contributed by atoms with Gasteiger partial charge in [0, 0.05) is 27.0 Å². The van der Waals surface area contributed by atoms with Crippen LogP contribution in [0.2, 0.25) is 15.1 Å². The molecule has 4 aromatic rings. The average Bonchev–Trinajstić information content (AvgIpc) is 3.24. The Bertz CT molecular complexity index is 1550. The number of fused-ring (bicyclic) bond motifs is 1. The normalized spacial score (nSPS) is 18.3. The zero-order valence-corrected chi connectivity index (χ0v) is 22.3. The molecule has 3 aromatic carbocycles. The molecular formula is C25H17Cl5N4O2. The van der Waals surface area contributed by atoms with E-state index in [0.29, 0.717) is 32.2 Å². The molecule has 3 N–H and O–H groups in total. The van der Waals surface area contributed by atoms with E-state index < -0.39 is 28.0 Å². The minimum atomic E-state index is -1.34. The standard InChI is InChI=1S/C25H17Cl5N4O2/c1-11-2-4-16-19(6-11)34(33-22(16)31)24(36)17-10-15(3-5-18(17)28)32-23(35)21-20(25(21,29)30)12-7-13(26)9-14(27)8-12/h2-10,20-21H,1H3,(H2,31,33)(H,32,35). The largest absolute Gasteiger partial charge is 0.382 e. The minimum Gasteiger partial charge on any atom is -0.382 e. The van der Waals surface area contributed by atoms with E-state index in [9.17, 15) is 9.59 Å². The van der Waals surface area contributed by atoms with Crippen molar-refractivity contribution in [2.45, 2.75) is 17.2 Å². The molecule has 0 saturated heterocycles. The molecule has 1 saturated carbocycles. The molecule has 6 nitrogen and oxygen atoms in total. The first-order chi connectivity index (χ1) is 17.0. The maximum atomic E-state index is 13.4. The molecule has 1 aliphatic rings. The van der Waals surface area contributed by atoms with Gasteiger partial charge in [0.15, 0.2) is 5.82 Å². The monoisotopic (exact) mass is 580 g/mol. The minimum absolute atomic E-state index is 0.136. The molecule has 1 aromatic heterocycles. The van der Waals surface area contributed by atoms with Gasteiger partial charge in [-0.05, 0) is 66.6 Å². The molecule has 5 rings (SSSR count). The van der Waals surface area contributed by atoms with Crippen LogP contribution in [-0.4, -0.2) is 25.9 Å². The van der Waals surface area contributed by atoms with Crippen molar-refractivity contribution in [2.24, 2.45) is 5.92 Å². The lowest BCUT2D eigenvalue weighted by Gasteiger charge is -2.10. The topological polar surface area (TPSA) is 90.0 Å². The number of amides is 1. The summed E-state index contributed by atoms with van der Waals surface area (Å²) in [4.78, 5) is 26.5. The van der Waals surface area contributed by atoms with Gasteiger partial charge in [0.2, 0.25) is 5.91 Å². The summed E-state index contributed by atoms with van der Waals surface area (Å²) in [6.45, 7) is 1.90. The van der Waals surface area contributed by atoms with E-state index in [0.717, 1.165) is 5.56 Å². The Labute approximate surface area is 231 Å². The number of carbonyl (C=O) groups excluding carboxylic acids is 2. The van der Waals surface area contributed by atoms with Crippen molar-refractivity contribution in [1.29, 1.82) is 0 Å². The zero-order valence-electron chi connectivity index (χ0n) is 18.5. The molecule has 11 heteroatoms. The summed E-state index contributed by atoms with van der Waals surface area (Å²) in [5.74, 6) is -1.97. The first-order valence-corrected chi connectivity index (χ1v) is 12.6. The number of nitrogens with two attached hydrogens (primary N) is 1. The van der Waals surface area contributed by atoms with Gasteiger partial charge < -0.3 is 11.1 Å². The quantitative estimate of drug-likeness (QED) is 0.251. The molecule has 0 aliphatic heterocycles. The van der Waals surface area contributed by atoms with Crippen molar-refractivity contribution in [2.75, 3.05) is 11.1 Å². The Morgan fingerprint density at radius 3 is 2.39 bits per heavy atom. The van der Waals surface area contributed by atoms with E-state index in [1.165, 1.54) is 16.8 Å². The summed E-state index contributed by atoms with van der Waals surface area (Å²) < 4.78 is -0.140. The van der Waals surface area contributed by atoms with Gasteiger partial charge in [0.25, 0.3) is 5.91 Å². The lowest BCUT2D eigenvalue weighted by atomic mass is 10.1. The highest BCUT2D eigenvalue weighted by Gasteiger charge is 2.67. The van der Waals surface area contributed by atoms with Gasteiger partial charge in [-0.2, -0.15) is 4.68 Å². The van der Waals surface area contributed by atoms with E-state index in [4.69, 9.17) is 63.7 Å². The number of carbonyl (C=O) groups is 2. The van der Waals surface area contributed by atoms with E-state index >= 15 is 0 Å². The first kappa shape index (κ1) is 25.2. The third kappa shape index (κ3) is 4.42. The van der Waals surface area contributed by atoms with Gasteiger partial charge in [-0.15, -0.1) is 28.3 Å². The Morgan fingerprint density at radius 1 is 1.00 bits per heavy atom. The molecule has 0 spiro atoms. The first-order valence-electron chi connectivity index (χ1n) is 10.7. The summed E-state index contributed by atoms with van der Waals surface area (Å²) in [7, 11) is 0. The molecule has 1 amide bonds. The van der Waals surface area contributed by atoms with Crippen LogP contribution in [0.15, 0.2) is 54.6 Å². The predicted molar refractivity (Wildman–Crippen MR) is 146 cm³/mol. The third-order valence-corrected chi connectivity index (χ3v) is 7.81. The Hall–Kier alpha value is -2.48. The molecule has 2 atom stereocenters. The van der Waals surface area contributed by atoms with Crippen molar-refractivity contribution < 1.29 is 9.59 Å². The third-order valence-electron chi connectivity index (χ3n) is 6.10. The lowest BCUT2D eigenvalue weighted by molar-refractivity contribution is -0.117. The van der Waals surface area contributed by atoms with Crippen LogP contribution in [0.4, 0.5) is 11.5 Å². The van der Waals surface area contributed by atoms with Crippen molar-refractivity contribution in [1.82, 2.24) is 9.78 Å². The molecule has 184 valence electrons. The second-order valence-corrected chi connectivity index (χ2v) is 11.4. The summed E-state index contributed by atoms with van der Waals surface area (Å²) in [6, 6.07) is 15.0. The molecule has 1 heterocycles. The summed E-state index contributed by atoms with van der Waals surface area (Å²) >= 11 is 31.4.